The Morgan fingerprint density at radius 2 is 2.30 bits per heavy atom. The number of piperidine rings is 1. The lowest BCUT2D eigenvalue weighted by molar-refractivity contribution is -0.145. The summed E-state index contributed by atoms with van der Waals surface area (Å²) >= 11 is 1.41. The summed E-state index contributed by atoms with van der Waals surface area (Å²) < 4.78 is 0. The molecule has 2 atom stereocenters. The van der Waals surface area contributed by atoms with Crippen molar-refractivity contribution >= 4 is 23.6 Å². The number of likely N-dealkylation sites (tertiary alicyclic amines) is 1. The third-order valence-electron chi connectivity index (χ3n) is 3.37. The Morgan fingerprint density at radius 1 is 1.50 bits per heavy atom. The largest absolute Gasteiger partial charge is 0.481 e. The van der Waals surface area contributed by atoms with E-state index in [1.165, 1.54) is 11.8 Å². The SMILES string of the molecule is CC(Sc1ccccn1)C(=O)N1CCCC(C(=O)O)C1. The lowest BCUT2D eigenvalue weighted by atomic mass is 9.98. The summed E-state index contributed by atoms with van der Waals surface area (Å²) in [6, 6.07) is 5.58. The van der Waals surface area contributed by atoms with E-state index in [9.17, 15) is 9.59 Å². The van der Waals surface area contributed by atoms with Crippen LogP contribution < -0.4 is 0 Å². The zero-order valence-electron chi connectivity index (χ0n) is 11.4. The molecule has 1 N–H and O–H groups in total. The smallest absolute Gasteiger partial charge is 0.308 e. The van der Waals surface area contributed by atoms with Crippen LogP contribution in [0.15, 0.2) is 29.4 Å². The average Bonchev–Trinajstić information content (AvgIpc) is 2.47. The molecule has 5 nitrogen and oxygen atoms in total. The Labute approximate surface area is 122 Å². The van der Waals surface area contributed by atoms with Crippen molar-refractivity contribution in [2.45, 2.75) is 30.0 Å². The van der Waals surface area contributed by atoms with Gasteiger partial charge in [-0.25, -0.2) is 4.98 Å². The van der Waals surface area contributed by atoms with Gasteiger partial charge in [0.05, 0.1) is 16.2 Å². The lowest BCUT2D eigenvalue weighted by Crippen LogP contribution is -2.45. The Hall–Kier alpha value is -1.56. The number of pyridine rings is 1. The summed E-state index contributed by atoms with van der Waals surface area (Å²) in [5, 5.41) is 9.61. The highest BCUT2D eigenvalue weighted by molar-refractivity contribution is 8.00. The van der Waals surface area contributed by atoms with Crippen molar-refractivity contribution in [3.8, 4) is 0 Å². The third kappa shape index (κ3) is 3.72. The van der Waals surface area contributed by atoms with Crippen molar-refractivity contribution in [3.05, 3.63) is 24.4 Å². The molecule has 0 saturated carbocycles. The van der Waals surface area contributed by atoms with Gasteiger partial charge in [-0.15, -0.1) is 0 Å². The maximum atomic E-state index is 12.4. The first-order chi connectivity index (χ1) is 9.58. The van der Waals surface area contributed by atoms with E-state index in [1.807, 2.05) is 25.1 Å². The standard InChI is InChI=1S/C14H18N2O3S/c1-10(20-12-6-2-3-7-15-12)13(17)16-8-4-5-11(9-16)14(18)19/h2-3,6-7,10-11H,4-5,8-9H2,1H3,(H,18,19). The predicted octanol–water partition coefficient (Wildman–Crippen LogP) is 1.89. The molecule has 0 radical (unpaired) electrons. The van der Waals surface area contributed by atoms with Crippen LogP contribution in [0, 0.1) is 5.92 Å². The second-order valence-electron chi connectivity index (χ2n) is 4.89. The van der Waals surface area contributed by atoms with E-state index in [1.54, 1.807) is 11.1 Å². The van der Waals surface area contributed by atoms with Gasteiger partial charge in [0.2, 0.25) is 5.91 Å². The predicted molar refractivity (Wildman–Crippen MR) is 76.5 cm³/mol. The maximum Gasteiger partial charge on any atom is 0.308 e. The van der Waals surface area contributed by atoms with Crippen LogP contribution in [0.4, 0.5) is 0 Å². The second-order valence-corrected chi connectivity index (χ2v) is 6.25. The molecule has 1 aliphatic rings. The molecule has 0 aromatic carbocycles. The molecule has 0 spiro atoms. The molecular weight excluding hydrogens is 276 g/mol. The molecule has 2 rings (SSSR count). The Morgan fingerprint density at radius 3 is 2.95 bits per heavy atom. The topological polar surface area (TPSA) is 70.5 Å². The Kier molecular flexibility index (Phi) is 5.00. The molecule has 1 saturated heterocycles. The third-order valence-corrected chi connectivity index (χ3v) is 4.40. The summed E-state index contributed by atoms with van der Waals surface area (Å²) in [6.07, 6.45) is 3.10. The minimum atomic E-state index is -0.812. The van der Waals surface area contributed by atoms with Gasteiger partial charge in [0.25, 0.3) is 0 Å². The summed E-state index contributed by atoms with van der Waals surface area (Å²) in [4.78, 5) is 29.2. The molecule has 1 fully saturated rings. The van der Waals surface area contributed by atoms with Crippen molar-refractivity contribution in [1.82, 2.24) is 9.88 Å². The molecule has 20 heavy (non-hydrogen) atoms. The minimum absolute atomic E-state index is 0.00777. The van der Waals surface area contributed by atoms with Crippen LogP contribution in [0.1, 0.15) is 19.8 Å². The van der Waals surface area contributed by atoms with E-state index < -0.39 is 11.9 Å². The highest BCUT2D eigenvalue weighted by atomic mass is 32.2. The van der Waals surface area contributed by atoms with Gasteiger partial charge >= 0.3 is 5.97 Å². The monoisotopic (exact) mass is 294 g/mol. The molecule has 6 heteroatoms. The van der Waals surface area contributed by atoms with E-state index >= 15 is 0 Å². The number of carboxylic acid groups (broad SMARTS) is 1. The fourth-order valence-corrected chi connectivity index (χ4v) is 3.18. The minimum Gasteiger partial charge on any atom is -0.481 e. The number of carbonyl (C=O) groups excluding carboxylic acids is 1. The van der Waals surface area contributed by atoms with Crippen LogP contribution in [0.25, 0.3) is 0 Å². The number of hydrogen-bond donors (Lipinski definition) is 1. The Bertz CT molecular complexity index is 481. The summed E-state index contributed by atoms with van der Waals surface area (Å²) in [5.41, 5.74) is 0. The van der Waals surface area contributed by atoms with Gasteiger partial charge in [0, 0.05) is 19.3 Å². The van der Waals surface area contributed by atoms with Gasteiger partial charge in [-0.05, 0) is 31.9 Å². The molecule has 1 aromatic heterocycles. The molecule has 2 heterocycles. The van der Waals surface area contributed by atoms with E-state index in [2.05, 4.69) is 4.98 Å². The number of aromatic nitrogens is 1. The van der Waals surface area contributed by atoms with Crippen LogP contribution in [-0.4, -0.2) is 45.2 Å². The molecule has 2 unspecified atom stereocenters. The first-order valence-electron chi connectivity index (χ1n) is 6.67. The first-order valence-corrected chi connectivity index (χ1v) is 7.55. The fourth-order valence-electron chi connectivity index (χ4n) is 2.28. The van der Waals surface area contributed by atoms with Gasteiger partial charge in [-0.2, -0.15) is 0 Å². The van der Waals surface area contributed by atoms with Gasteiger partial charge in [0.1, 0.15) is 0 Å². The van der Waals surface area contributed by atoms with Gasteiger partial charge in [-0.3, -0.25) is 9.59 Å². The summed E-state index contributed by atoms with van der Waals surface area (Å²) in [7, 11) is 0. The molecule has 1 aliphatic heterocycles. The number of rotatable bonds is 4. The van der Waals surface area contributed by atoms with Crippen LogP contribution in [0.3, 0.4) is 0 Å². The van der Waals surface area contributed by atoms with E-state index in [-0.39, 0.29) is 11.2 Å². The van der Waals surface area contributed by atoms with Gasteiger partial charge in [0.15, 0.2) is 0 Å². The maximum absolute atomic E-state index is 12.4. The normalized spacial score (nSPS) is 20.4. The van der Waals surface area contributed by atoms with Crippen molar-refractivity contribution in [2.24, 2.45) is 5.92 Å². The number of amides is 1. The van der Waals surface area contributed by atoms with Crippen LogP contribution in [0.5, 0.6) is 0 Å². The highest BCUT2D eigenvalue weighted by Crippen LogP contribution is 2.24. The molecule has 0 bridgehead atoms. The molecular formula is C14H18N2O3S. The van der Waals surface area contributed by atoms with Gasteiger partial charge < -0.3 is 10.0 Å². The Balaban J connectivity index is 1.94. The van der Waals surface area contributed by atoms with Crippen LogP contribution in [0.2, 0.25) is 0 Å². The van der Waals surface area contributed by atoms with Crippen molar-refractivity contribution in [2.75, 3.05) is 13.1 Å². The molecule has 0 aliphatic carbocycles. The van der Waals surface area contributed by atoms with E-state index in [0.29, 0.717) is 19.5 Å². The molecule has 1 aromatic rings. The molecule has 108 valence electrons. The number of aliphatic carboxylic acids is 1. The second kappa shape index (κ2) is 6.74. The molecule has 1 amide bonds. The van der Waals surface area contributed by atoms with Crippen molar-refractivity contribution in [3.63, 3.8) is 0 Å². The zero-order valence-corrected chi connectivity index (χ0v) is 12.2. The average molecular weight is 294 g/mol. The van der Waals surface area contributed by atoms with Crippen LogP contribution >= 0.6 is 11.8 Å². The number of carbonyl (C=O) groups is 2. The number of nitrogens with zero attached hydrogens (tertiary/aromatic N) is 2. The van der Waals surface area contributed by atoms with Crippen LogP contribution in [-0.2, 0) is 9.59 Å². The van der Waals surface area contributed by atoms with Gasteiger partial charge in [-0.1, -0.05) is 17.8 Å². The highest BCUT2D eigenvalue weighted by Gasteiger charge is 2.30. The van der Waals surface area contributed by atoms with Crippen molar-refractivity contribution < 1.29 is 14.7 Å². The quantitative estimate of drug-likeness (QED) is 0.859. The summed E-state index contributed by atoms with van der Waals surface area (Å²) in [5.74, 6) is -1.25. The summed E-state index contributed by atoms with van der Waals surface area (Å²) in [6.45, 7) is 2.81. The number of hydrogen-bond acceptors (Lipinski definition) is 4. The van der Waals surface area contributed by atoms with Crippen molar-refractivity contribution in [1.29, 1.82) is 0 Å². The first kappa shape index (κ1) is 14.8. The zero-order chi connectivity index (χ0) is 14.5. The van der Waals surface area contributed by atoms with E-state index in [0.717, 1.165) is 11.4 Å². The number of thioether (sulfide) groups is 1. The number of carboxylic acids is 1. The van der Waals surface area contributed by atoms with E-state index in [4.69, 9.17) is 5.11 Å². The lowest BCUT2D eigenvalue weighted by Gasteiger charge is -2.32. The fraction of sp³-hybridized carbons (Fsp3) is 0.500.